The Kier molecular flexibility index (Phi) is 8.17. The Morgan fingerprint density at radius 1 is 1.17 bits per heavy atom. The van der Waals surface area contributed by atoms with E-state index in [2.05, 4.69) is 20.2 Å². The minimum absolute atomic E-state index is 0.0172. The molecular weight excluding hydrogens is 468 g/mol. The summed E-state index contributed by atoms with van der Waals surface area (Å²) in [5.74, 6) is 2.53. The van der Waals surface area contributed by atoms with Gasteiger partial charge >= 0.3 is 0 Å². The van der Waals surface area contributed by atoms with E-state index >= 15 is 0 Å². The molecule has 3 heterocycles. The molecule has 35 heavy (non-hydrogen) atoms. The Bertz CT molecular complexity index is 1270. The van der Waals surface area contributed by atoms with Gasteiger partial charge in [-0.05, 0) is 43.4 Å². The molecule has 0 amide bonds. The first-order valence-electron chi connectivity index (χ1n) is 11.5. The SMILES string of the molecule is CCS(=O)(=O)CCOc1ccc2cc1CN(C)C/C=C/COCc1ccc(o1)-c1ccnc(n1)N2. The molecule has 0 saturated carbocycles. The fraction of sp³-hybridized carbons (Fsp3) is 0.360. The molecule has 1 aliphatic heterocycles. The van der Waals surface area contributed by atoms with Crippen molar-refractivity contribution in [3.05, 3.63) is 66.1 Å². The van der Waals surface area contributed by atoms with Crippen LogP contribution in [0, 0.1) is 0 Å². The summed E-state index contributed by atoms with van der Waals surface area (Å²) in [6, 6.07) is 11.2. The predicted molar refractivity (Wildman–Crippen MR) is 134 cm³/mol. The molecule has 1 aromatic carbocycles. The van der Waals surface area contributed by atoms with Crippen molar-refractivity contribution in [2.75, 3.05) is 43.6 Å². The highest BCUT2D eigenvalue weighted by Crippen LogP contribution is 2.27. The fourth-order valence-electron chi connectivity index (χ4n) is 3.53. The van der Waals surface area contributed by atoms with Gasteiger partial charge in [-0.25, -0.2) is 18.4 Å². The van der Waals surface area contributed by atoms with Gasteiger partial charge in [0.05, 0.1) is 12.4 Å². The summed E-state index contributed by atoms with van der Waals surface area (Å²) >= 11 is 0. The molecule has 0 spiro atoms. The first-order chi connectivity index (χ1) is 16.9. The Labute approximate surface area is 205 Å². The minimum atomic E-state index is -3.10. The second-order valence-corrected chi connectivity index (χ2v) is 10.7. The van der Waals surface area contributed by atoms with E-state index < -0.39 is 9.84 Å². The number of rotatable bonds is 5. The van der Waals surface area contributed by atoms with Crippen LogP contribution in [0.5, 0.6) is 5.75 Å². The number of fused-ring (bicyclic) bond motifs is 7. The Morgan fingerprint density at radius 3 is 2.91 bits per heavy atom. The number of benzene rings is 1. The van der Waals surface area contributed by atoms with E-state index in [0.717, 1.165) is 17.0 Å². The van der Waals surface area contributed by atoms with Crippen LogP contribution in [0.4, 0.5) is 11.6 Å². The highest BCUT2D eigenvalue weighted by Gasteiger charge is 2.13. The van der Waals surface area contributed by atoms with Gasteiger partial charge in [-0.2, -0.15) is 0 Å². The molecule has 0 saturated heterocycles. The summed E-state index contributed by atoms with van der Waals surface area (Å²) in [5.41, 5.74) is 2.38. The molecule has 0 atom stereocenters. The summed E-state index contributed by atoms with van der Waals surface area (Å²) in [6.07, 6.45) is 5.70. The summed E-state index contributed by atoms with van der Waals surface area (Å²) in [4.78, 5) is 11.0. The van der Waals surface area contributed by atoms with Crippen molar-refractivity contribution < 1.29 is 22.3 Å². The van der Waals surface area contributed by atoms with E-state index in [1.807, 2.05) is 49.5 Å². The van der Waals surface area contributed by atoms with Gasteiger partial charge in [-0.15, -0.1) is 0 Å². The topological polar surface area (TPSA) is 107 Å². The van der Waals surface area contributed by atoms with Crippen LogP contribution in [0.2, 0.25) is 0 Å². The maximum atomic E-state index is 11.9. The van der Waals surface area contributed by atoms with Crippen molar-refractivity contribution in [1.82, 2.24) is 14.9 Å². The molecule has 0 unspecified atom stereocenters. The van der Waals surface area contributed by atoms with Crippen LogP contribution in [0.1, 0.15) is 18.2 Å². The maximum absolute atomic E-state index is 11.9. The smallest absolute Gasteiger partial charge is 0.227 e. The van der Waals surface area contributed by atoms with Crippen molar-refractivity contribution in [3.63, 3.8) is 0 Å². The van der Waals surface area contributed by atoms with Crippen LogP contribution in [0.15, 0.2) is 59.2 Å². The second-order valence-electron chi connectivity index (χ2n) is 8.25. The number of nitrogens with one attached hydrogen (secondary N) is 1. The van der Waals surface area contributed by atoms with Gasteiger partial charge in [0.1, 0.15) is 30.4 Å². The Balaban J connectivity index is 1.61. The van der Waals surface area contributed by atoms with E-state index in [4.69, 9.17) is 13.9 Å². The normalized spacial score (nSPS) is 16.1. The highest BCUT2D eigenvalue weighted by molar-refractivity contribution is 7.91. The Morgan fingerprint density at radius 2 is 2.06 bits per heavy atom. The second kappa shape index (κ2) is 11.5. The number of hydrogen-bond donors (Lipinski definition) is 1. The average molecular weight is 499 g/mol. The van der Waals surface area contributed by atoms with E-state index in [9.17, 15) is 8.42 Å². The lowest BCUT2D eigenvalue weighted by Gasteiger charge is -2.19. The highest BCUT2D eigenvalue weighted by atomic mass is 32.2. The van der Waals surface area contributed by atoms with Crippen LogP contribution in [0.3, 0.4) is 0 Å². The molecule has 0 aliphatic carbocycles. The third kappa shape index (κ3) is 7.14. The third-order valence-electron chi connectivity index (χ3n) is 5.46. The first kappa shape index (κ1) is 24.9. The molecule has 4 rings (SSSR count). The molecule has 6 bridgehead atoms. The monoisotopic (exact) mass is 498 g/mol. The lowest BCUT2D eigenvalue weighted by molar-refractivity contribution is 0.132. The standard InChI is InChI=1S/C25H30N4O5S/c1-3-35(30,31)15-14-33-23-8-6-20-16-19(23)17-29(2)12-4-5-13-32-18-21-7-9-24(34-21)22-10-11-26-25(27-20)28-22/h4-11,16H,3,12-15,17-18H2,1-2H3,(H,26,27,28)/b5-4+. The summed E-state index contributed by atoms with van der Waals surface area (Å²) in [7, 11) is -1.10. The number of furan rings is 1. The van der Waals surface area contributed by atoms with Crippen LogP contribution < -0.4 is 10.1 Å². The van der Waals surface area contributed by atoms with Crippen LogP contribution in [-0.4, -0.2) is 61.6 Å². The van der Waals surface area contributed by atoms with Crippen molar-refractivity contribution >= 4 is 21.5 Å². The van der Waals surface area contributed by atoms with Crippen molar-refractivity contribution in [2.24, 2.45) is 0 Å². The number of ether oxygens (including phenoxy) is 2. The summed E-state index contributed by atoms with van der Waals surface area (Å²) < 4.78 is 41.2. The fourth-order valence-corrected chi connectivity index (χ4v) is 4.15. The minimum Gasteiger partial charge on any atom is -0.492 e. The van der Waals surface area contributed by atoms with Crippen molar-refractivity contribution in [3.8, 4) is 17.2 Å². The van der Waals surface area contributed by atoms with Crippen molar-refractivity contribution in [2.45, 2.75) is 20.1 Å². The largest absolute Gasteiger partial charge is 0.492 e. The molecule has 186 valence electrons. The van der Waals surface area contributed by atoms with E-state index in [1.54, 1.807) is 19.2 Å². The molecule has 1 aliphatic rings. The van der Waals surface area contributed by atoms with Gasteiger partial charge in [0, 0.05) is 36.3 Å². The molecule has 0 radical (unpaired) electrons. The van der Waals surface area contributed by atoms with Gasteiger partial charge in [0.15, 0.2) is 15.6 Å². The third-order valence-corrected chi connectivity index (χ3v) is 7.13. The number of anilines is 2. The van der Waals surface area contributed by atoms with E-state index in [1.165, 1.54) is 0 Å². The zero-order chi connectivity index (χ0) is 24.7. The molecule has 9 nitrogen and oxygen atoms in total. The number of sulfone groups is 1. The zero-order valence-electron chi connectivity index (χ0n) is 19.9. The number of nitrogens with zero attached hydrogens (tertiary/aromatic N) is 3. The number of aromatic nitrogens is 2. The van der Waals surface area contributed by atoms with Crippen LogP contribution in [0.25, 0.3) is 11.5 Å². The lowest BCUT2D eigenvalue weighted by atomic mass is 10.1. The molecule has 0 fully saturated rings. The maximum Gasteiger partial charge on any atom is 0.227 e. The van der Waals surface area contributed by atoms with Gasteiger partial charge in [0.25, 0.3) is 0 Å². The zero-order valence-corrected chi connectivity index (χ0v) is 20.8. The molecule has 3 aromatic rings. The average Bonchev–Trinajstić information content (AvgIpc) is 3.31. The number of hydrogen-bond acceptors (Lipinski definition) is 9. The van der Waals surface area contributed by atoms with Crippen LogP contribution >= 0.6 is 0 Å². The molecule has 10 heteroatoms. The Hall–Kier alpha value is -3.21. The summed E-state index contributed by atoms with van der Waals surface area (Å²) in [6.45, 7) is 3.90. The van der Waals surface area contributed by atoms with E-state index in [-0.39, 0.29) is 18.1 Å². The van der Waals surface area contributed by atoms with Crippen LogP contribution in [-0.2, 0) is 27.7 Å². The van der Waals surface area contributed by atoms with E-state index in [0.29, 0.717) is 49.5 Å². The molecule has 1 N–H and O–H groups in total. The van der Waals surface area contributed by atoms with Gasteiger partial charge in [0.2, 0.25) is 5.95 Å². The van der Waals surface area contributed by atoms with Gasteiger partial charge in [-0.1, -0.05) is 19.1 Å². The molecular formula is C25H30N4O5S. The van der Waals surface area contributed by atoms with Gasteiger partial charge < -0.3 is 19.2 Å². The van der Waals surface area contributed by atoms with Crippen molar-refractivity contribution in [1.29, 1.82) is 0 Å². The van der Waals surface area contributed by atoms with Gasteiger partial charge in [-0.3, -0.25) is 4.90 Å². The summed E-state index contributed by atoms with van der Waals surface area (Å²) in [5, 5.41) is 3.25. The molecule has 2 aromatic heterocycles. The first-order valence-corrected chi connectivity index (χ1v) is 13.3. The predicted octanol–water partition coefficient (Wildman–Crippen LogP) is 3.81. The number of likely N-dealkylation sites (N-methyl/N-ethyl adjacent to an activating group) is 1. The quantitative estimate of drug-likeness (QED) is 0.526. The lowest BCUT2D eigenvalue weighted by Crippen LogP contribution is -2.20.